The van der Waals surface area contributed by atoms with E-state index >= 15 is 0 Å². The zero-order valence-corrected chi connectivity index (χ0v) is 12.0. The third kappa shape index (κ3) is 2.59. The third-order valence-corrected chi connectivity index (χ3v) is 3.69. The number of carbonyl (C=O) groups is 2. The van der Waals surface area contributed by atoms with Gasteiger partial charge in [0.05, 0.1) is 0 Å². The number of carbonyl (C=O) groups excluding carboxylic acids is 2. The minimum Gasteiger partial charge on any atom is -0.352 e. The molecule has 4 nitrogen and oxygen atoms in total. The molecule has 0 radical (unpaired) electrons. The zero-order valence-electron chi connectivity index (χ0n) is 12.0. The van der Waals surface area contributed by atoms with Gasteiger partial charge in [-0.2, -0.15) is 0 Å². The Kier molecular flexibility index (Phi) is 4.23. The van der Waals surface area contributed by atoms with Gasteiger partial charge in [-0.3, -0.25) is 14.5 Å². The van der Waals surface area contributed by atoms with Crippen LogP contribution in [0, 0.1) is 0 Å². The maximum Gasteiger partial charge on any atom is 0.259 e. The molecule has 20 heavy (non-hydrogen) atoms. The average Bonchev–Trinajstić information content (AvgIpc) is 2.70. The highest BCUT2D eigenvalue weighted by molar-refractivity contribution is 6.10. The van der Waals surface area contributed by atoms with Crippen LogP contribution >= 0.6 is 0 Å². The number of benzene rings is 1. The molecule has 1 heterocycles. The van der Waals surface area contributed by atoms with Crippen molar-refractivity contribution in [3.05, 3.63) is 42.0 Å². The van der Waals surface area contributed by atoms with Gasteiger partial charge in [0.2, 0.25) is 5.91 Å². The van der Waals surface area contributed by atoms with Crippen LogP contribution in [0.15, 0.2) is 30.8 Å². The summed E-state index contributed by atoms with van der Waals surface area (Å²) in [6, 6.07) is 7.47. The van der Waals surface area contributed by atoms with Crippen molar-refractivity contribution in [1.82, 2.24) is 10.2 Å². The van der Waals surface area contributed by atoms with Gasteiger partial charge < -0.3 is 5.32 Å². The summed E-state index contributed by atoms with van der Waals surface area (Å²) < 4.78 is 0. The average molecular weight is 272 g/mol. The van der Waals surface area contributed by atoms with Gasteiger partial charge in [0.15, 0.2) is 0 Å². The Morgan fingerprint density at radius 1 is 1.25 bits per heavy atom. The summed E-state index contributed by atoms with van der Waals surface area (Å²) in [5, 5.41) is 2.94. The quantitative estimate of drug-likeness (QED) is 0.895. The van der Waals surface area contributed by atoms with E-state index in [-0.39, 0.29) is 24.4 Å². The Labute approximate surface area is 119 Å². The van der Waals surface area contributed by atoms with Crippen LogP contribution in [-0.2, 0) is 4.79 Å². The van der Waals surface area contributed by atoms with E-state index in [9.17, 15) is 9.59 Å². The Morgan fingerprint density at radius 3 is 2.40 bits per heavy atom. The summed E-state index contributed by atoms with van der Waals surface area (Å²) in [5.41, 5.74) is 2.03. The Bertz CT molecular complexity index is 512. The molecule has 106 valence electrons. The molecule has 0 aromatic heterocycles. The van der Waals surface area contributed by atoms with E-state index in [1.807, 2.05) is 32.0 Å². The fourth-order valence-corrected chi connectivity index (χ4v) is 2.41. The lowest BCUT2D eigenvalue weighted by molar-refractivity contribution is -0.122. The minimum absolute atomic E-state index is 0.0306. The number of hydrogen-bond donors (Lipinski definition) is 1. The minimum atomic E-state index is -0.148. The van der Waals surface area contributed by atoms with Crippen LogP contribution in [0.25, 0.3) is 5.70 Å². The van der Waals surface area contributed by atoms with E-state index in [4.69, 9.17) is 0 Å². The summed E-state index contributed by atoms with van der Waals surface area (Å²) in [7, 11) is 0. The molecule has 0 saturated carbocycles. The van der Waals surface area contributed by atoms with Crippen molar-refractivity contribution in [3.8, 4) is 0 Å². The molecule has 0 spiro atoms. The number of rotatable bonds is 5. The second kappa shape index (κ2) is 5.90. The molecule has 2 amide bonds. The van der Waals surface area contributed by atoms with Crippen LogP contribution in [0.1, 0.15) is 42.6 Å². The molecule has 1 aliphatic rings. The molecule has 1 aromatic rings. The summed E-state index contributed by atoms with van der Waals surface area (Å²) in [4.78, 5) is 25.7. The molecule has 0 atom stereocenters. The first-order valence-corrected chi connectivity index (χ1v) is 6.98. The van der Waals surface area contributed by atoms with Crippen LogP contribution < -0.4 is 5.32 Å². The first kappa shape index (κ1) is 14.3. The Hall–Kier alpha value is -2.10. The van der Waals surface area contributed by atoms with E-state index in [0.29, 0.717) is 11.3 Å². The van der Waals surface area contributed by atoms with Gasteiger partial charge in [-0.05, 0) is 18.9 Å². The topological polar surface area (TPSA) is 49.4 Å². The van der Waals surface area contributed by atoms with E-state index in [1.54, 1.807) is 6.07 Å². The monoisotopic (exact) mass is 272 g/mol. The van der Waals surface area contributed by atoms with Crippen molar-refractivity contribution in [1.29, 1.82) is 0 Å². The van der Waals surface area contributed by atoms with Gasteiger partial charge in [-0.25, -0.2) is 0 Å². The largest absolute Gasteiger partial charge is 0.352 e. The maximum atomic E-state index is 12.3. The lowest BCUT2D eigenvalue weighted by Crippen LogP contribution is -2.41. The van der Waals surface area contributed by atoms with Crippen molar-refractivity contribution in [2.45, 2.75) is 32.7 Å². The second-order valence-electron chi connectivity index (χ2n) is 4.96. The summed E-state index contributed by atoms with van der Waals surface area (Å²) in [6.45, 7) is 8.02. The SMILES string of the molecule is C=C1c2ccccc2C(=O)N1CC(=O)NC(CC)CC. The highest BCUT2D eigenvalue weighted by atomic mass is 16.2. The number of nitrogens with one attached hydrogen (secondary N) is 1. The van der Waals surface area contributed by atoms with Gasteiger partial charge in [-0.15, -0.1) is 0 Å². The smallest absolute Gasteiger partial charge is 0.259 e. The van der Waals surface area contributed by atoms with Crippen molar-refractivity contribution >= 4 is 17.5 Å². The van der Waals surface area contributed by atoms with Gasteiger partial charge >= 0.3 is 0 Å². The van der Waals surface area contributed by atoms with Crippen LogP contribution in [0.2, 0.25) is 0 Å². The molecule has 1 aliphatic heterocycles. The molecule has 4 heteroatoms. The number of fused-ring (bicyclic) bond motifs is 1. The molecule has 1 N–H and O–H groups in total. The van der Waals surface area contributed by atoms with Crippen LogP contribution in [0.3, 0.4) is 0 Å². The number of nitrogens with zero attached hydrogens (tertiary/aromatic N) is 1. The van der Waals surface area contributed by atoms with Gasteiger partial charge in [0.1, 0.15) is 6.54 Å². The predicted molar refractivity (Wildman–Crippen MR) is 79.0 cm³/mol. The molecule has 0 saturated heterocycles. The van der Waals surface area contributed by atoms with Crippen LogP contribution in [-0.4, -0.2) is 29.3 Å². The molecular weight excluding hydrogens is 252 g/mol. The van der Waals surface area contributed by atoms with E-state index < -0.39 is 0 Å². The maximum absolute atomic E-state index is 12.3. The van der Waals surface area contributed by atoms with Crippen molar-refractivity contribution in [3.63, 3.8) is 0 Å². The van der Waals surface area contributed by atoms with Crippen LogP contribution in [0.4, 0.5) is 0 Å². The van der Waals surface area contributed by atoms with Crippen molar-refractivity contribution in [2.75, 3.05) is 6.54 Å². The molecule has 0 aliphatic carbocycles. The van der Waals surface area contributed by atoms with Crippen molar-refractivity contribution < 1.29 is 9.59 Å². The molecule has 2 rings (SSSR count). The molecule has 0 unspecified atom stereocenters. The van der Waals surface area contributed by atoms with E-state index in [2.05, 4.69) is 11.9 Å². The standard InChI is InChI=1S/C16H20N2O2/c1-4-12(5-2)17-15(19)10-18-11(3)13-8-6-7-9-14(13)16(18)20/h6-9,12H,3-5,10H2,1-2H3,(H,17,19). The number of amides is 2. The van der Waals surface area contributed by atoms with Gasteiger partial charge in [0.25, 0.3) is 5.91 Å². The molecule has 1 aromatic carbocycles. The lowest BCUT2D eigenvalue weighted by Gasteiger charge is -2.20. The number of hydrogen-bond acceptors (Lipinski definition) is 2. The second-order valence-corrected chi connectivity index (χ2v) is 4.96. The third-order valence-electron chi connectivity index (χ3n) is 3.69. The molecule has 0 bridgehead atoms. The van der Waals surface area contributed by atoms with E-state index in [0.717, 1.165) is 18.4 Å². The van der Waals surface area contributed by atoms with Crippen molar-refractivity contribution in [2.24, 2.45) is 0 Å². The summed E-state index contributed by atoms with van der Waals surface area (Å²) in [5.74, 6) is -0.286. The fraction of sp³-hybridized carbons (Fsp3) is 0.375. The normalized spacial score (nSPS) is 13.8. The summed E-state index contributed by atoms with van der Waals surface area (Å²) in [6.07, 6.45) is 1.77. The van der Waals surface area contributed by atoms with Crippen LogP contribution in [0.5, 0.6) is 0 Å². The fourth-order valence-electron chi connectivity index (χ4n) is 2.41. The predicted octanol–water partition coefficient (Wildman–Crippen LogP) is 2.42. The Balaban J connectivity index is 2.07. The first-order valence-electron chi connectivity index (χ1n) is 6.98. The zero-order chi connectivity index (χ0) is 14.7. The lowest BCUT2D eigenvalue weighted by atomic mass is 10.1. The first-order chi connectivity index (χ1) is 9.58. The molecule has 0 fully saturated rings. The van der Waals surface area contributed by atoms with E-state index in [1.165, 1.54) is 4.90 Å². The highest BCUT2D eigenvalue weighted by Gasteiger charge is 2.31. The summed E-state index contributed by atoms with van der Waals surface area (Å²) >= 11 is 0. The van der Waals surface area contributed by atoms with Gasteiger partial charge in [0, 0.05) is 22.9 Å². The van der Waals surface area contributed by atoms with Gasteiger partial charge in [-0.1, -0.05) is 38.6 Å². The molecular formula is C16H20N2O2. The Morgan fingerprint density at radius 2 is 1.85 bits per heavy atom. The highest BCUT2D eigenvalue weighted by Crippen LogP contribution is 2.30.